The van der Waals surface area contributed by atoms with Crippen LogP contribution >= 0.6 is 44.5 Å². The molecule has 0 aliphatic heterocycles. The topological polar surface area (TPSA) is 30.9 Å². The minimum Gasteiger partial charge on any atom is -0.330 e. The van der Waals surface area contributed by atoms with Gasteiger partial charge >= 0.3 is 0 Å². The van der Waals surface area contributed by atoms with Gasteiger partial charge in [0.05, 0.1) is 26.3 Å². The van der Waals surface area contributed by atoms with Gasteiger partial charge in [0, 0.05) is 5.39 Å². The summed E-state index contributed by atoms with van der Waals surface area (Å²) in [6, 6.07) is 8.26. The molecule has 2 nitrogen and oxygen atoms in total. The second-order valence-electron chi connectivity index (χ2n) is 3.11. The van der Waals surface area contributed by atoms with Crippen LogP contribution in [0, 0.1) is 0 Å². The van der Waals surface area contributed by atoms with Crippen LogP contribution in [0.25, 0.3) is 10.9 Å². The van der Waals surface area contributed by atoms with E-state index in [1.54, 1.807) is 0 Å². The van der Waals surface area contributed by atoms with E-state index >= 15 is 0 Å². The van der Waals surface area contributed by atoms with Gasteiger partial charge in [-0.05, 0) is 40.5 Å². The van der Waals surface area contributed by atoms with Crippen molar-refractivity contribution >= 4 is 55.4 Å². The highest BCUT2D eigenvalue weighted by Gasteiger charge is 2.12. The number of para-hydroxylation sites is 1. The average Bonchev–Trinajstić information content (AvgIpc) is 2.45. The van der Waals surface area contributed by atoms with Crippen LogP contribution < -0.4 is 5.73 Å². The lowest BCUT2D eigenvalue weighted by molar-refractivity contribution is 0.968. The van der Waals surface area contributed by atoms with Gasteiger partial charge in [-0.1, -0.05) is 18.2 Å². The van der Waals surface area contributed by atoms with E-state index < -0.39 is 0 Å². The number of hydrogen-bond acceptors (Lipinski definition) is 1. The third-order valence-corrected chi connectivity index (χ3v) is 4.30. The first kappa shape index (κ1) is 13.0. The van der Waals surface area contributed by atoms with E-state index in [0.717, 1.165) is 11.0 Å². The van der Waals surface area contributed by atoms with E-state index in [1.807, 2.05) is 15.7 Å². The molecule has 1 aromatic heterocycles. The Kier molecular flexibility index (Phi) is 4.64. The lowest BCUT2D eigenvalue weighted by Crippen LogP contribution is -2.02. The number of fused-ring (bicyclic) bond motifs is 1. The summed E-state index contributed by atoms with van der Waals surface area (Å²) < 4.78 is 3.03. The van der Waals surface area contributed by atoms with Crippen LogP contribution in [-0.4, -0.2) is 10.1 Å². The minimum absolute atomic E-state index is 0. The maximum atomic E-state index is 5.58. The standard InChI is InChI=1S/C10H10Br2N2.ClH/c11-10-8(5-6-13)7-3-1-2-4-9(7)14(10)12;/h1-4H,5-6,13H2;1H. The smallest absolute Gasteiger partial charge is 0.0995 e. The van der Waals surface area contributed by atoms with Crippen LogP contribution in [-0.2, 0) is 6.42 Å². The van der Waals surface area contributed by atoms with E-state index in [1.165, 1.54) is 16.5 Å². The highest BCUT2D eigenvalue weighted by molar-refractivity contribution is 9.12. The number of nitrogens with zero attached hydrogens (tertiary/aromatic N) is 1. The van der Waals surface area contributed by atoms with Crippen molar-refractivity contribution in [3.8, 4) is 0 Å². The number of rotatable bonds is 2. The van der Waals surface area contributed by atoms with Crippen LogP contribution in [0.2, 0.25) is 0 Å². The van der Waals surface area contributed by atoms with E-state index in [2.05, 4.69) is 44.2 Å². The predicted octanol–water partition coefficient (Wildman–Crippen LogP) is 3.48. The van der Waals surface area contributed by atoms with Gasteiger partial charge in [-0.3, -0.25) is 3.59 Å². The first-order chi connectivity index (χ1) is 6.75. The van der Waals surface area contributed by atoms with Crippen molar-refractivity contribution in [3.63, 3.8) is 0 Å². The molecule has 0 saturated heterocycles. The molecule has 2 N–H and O–H groups in total. The summed E-state index contributed by atoms with van der Waals surface area (Å²) in [6.07, 6.45) is 0.889. The Labute approximate surface area is 112 Å². The van der Waals surface area contributed by atoms with Crippen molar-refractivity contribution in [1.29, 1.82) is 0 Å². The maximum absolute atomic E-state index is 5.58. The first-order valence-corrected chi connectivity index (χ1v) is 5.90. The highest BCUT2D eigenvalue weighted by Crippen LogP contribution is 2.31. The van der Waals surface area contributed by atoms with Gasteiger partial charge in [0.2, 0.25) is 0 Å². The molecule has 0 radical (unpaired) electrons. The van der Waals surface area contributed by atoms with Crippen LogP contribution in [0.4, 0.5) is 0 Å². The van der Waals surface area contributed by atoms with Crippen LogP contribution in [0.15, 0.2) is 28.9 Å². The van der Waals surface area contributed by atoms with Crippen LogP contribution in [0.3, 0.4) is 0 Å². The van der Waals surface area contributed by atoms with Crippen molar-refractivity contribution in [2.45, 2.75) is 6.42 Å². The molecule has 0 saturated carbocycles. The fraction of sp³-hybridized carbons (Fsp3) is 0.200. The number of hydrogen-bond donors (Lipinski definition) is 1. The maximum Gasteiger partial charge on any atom is 0.0995 e. The molecule has 1 aromatic carbocycles. The second-order valence-corrected chi connectivity index (χ2v) is 4.57. The van der Waals surface area contributed by atoms with Crippen molar-refractivity contribution < 1.29 is 0 Å². The molecular formula is C10H11Br2ClN2. The molecule has 0 spiro atoms. The van der Waals surface area contributed by atoms with Gasteiger partial charge in [0.25, 0.3) is 0 Å². The molecular weight excluding hydrogens is 343 g/mol. The van der Waals surface area contributed by atoms with Gasteiger partial charge in [-0.2, -0.15) is 0 Å². The summed E-state index contributed by atoms with van der Waals surface area (Å²) >= 11 is 7.06. The Morgan fingerprint density at radius 2 is 1.93 bits per heavy atom. The Morgan fingerprint density at radius 3 is 2.60 bits per heavy atom. The molecule has 0 unspecified atom stereocenters. The monoisotopic (exact) mass is 352 g/mol. The average molecular weight is 354 g/mol. The number of benzene rings is 1. The Morgan fingerprint density at radius 1 is 1.27 bits per heavy atom. The molecule has 0 bridgehead atoms. The zero-order valence-corrected chi connectivity index (χ0v) is 11.9. The Hall–Kier alpha value is -0.0300. The third kappa shape index (κ3) is 2.23. The fourth-order valence-corrected chi connectivity index (χ4v) is 2.74. The molecule has 0 amide bonds. The Balaban J connectivity index is 0.00000112. The van der Waals surface area contributed by atoms with E-state index in [0.29, 0.717) is 6.54 Å². The first-order valence-electron chi connectivity index (χ1n) is 4.39. The van der Waals surface area contributed by atoms with Gasteiger partial charge in [0.1, 0.15) is 0 Å². The molecule has 15 heavy (non-hydrogen) atoms. The third-order valence-electron chi connectivity index (χ3n) is 2.26. The Bertz CT molecular complexity index is 468. The van der Waals surface area contributed by atoms with Gasteiger partial charge < -0.3 is 5.73 Å². The molecule has 2 rings (SSSR count). The molecule has 5 heteroatoms. The fourth-order valence-electron chi connectivity index (χ4n) is 1.62. The van der Waals surface area contributed by atoms with E-state index in [4.69, 9.17) is 5.73 Å². The molecule has 0 aliphatic carbocycles. The number of aromatic nitrogens is 1. The molecule has 0 aliphatic rings. The van der Waals surface area contributed by atoms with E-state index in [-0.39, 0.29) is 12.4 Å². The summed E-state index contributed by atoms with van der Waals surface area (Å²) in [5.41, 5.74) is 8.02. The van der Waals surface area contributed by atoms with E-state index in [9.17, 15) is 0 Å². The summed E-state index contributed by atoms with van der Waals surface area (Å²) in [5, 5.41) is 1.25. The van der Waals surface area contributed by atoms with Crippen molar-refractivity contribution in [3.05, 3.63) is 34.4 Å². The van der Waals surface area contributed by atoms with Crippen molar-refractivity contribution in [2.24, 2.45) is 5.73 Å². The molecule has 0 atom stereocenters. The molecule has 2 aromatic rings. The summed E-state index contributed by atoms with van der Waals surface area (Å²) in [7, 11) is 0. The number of halogens is 3. The SMILES string of the molecule is Cl.NCCc1c(Br)n(Br)c2ccccc12. The van der Waals surface area contributed by atoms with Crippen molar-refractivity contribution in [1.82, 2.24) is 3.59 Å². The zero-order chi connectivity index (χ0) is 10.1. The largest absolute Gasteiger partial charge is 0.330 e. The van der Waals surface area contributed by atoms with Crippen LogP contribution in [0.5, 0.6) is 0 Å². The molecule has 1 heterocycles. The summed E-state index contributed by atoms with van der Waals surface area (Å²) in [5.74, 6) is 0. The quantitative estimate of drug-likeness (QED) is 0.879. The van der Waals surface area contributed by atoms with Gasteiger partial charge in [-0.15, -0.1) is 12.4 Å². The summed E-state index contributed by atoms with van der Waals surface area (Å²) in [6.45, 7) is 0.666. The van der Waals surface area contributed by atoms with Crippen LogP contribution in [0.1, 0.15) is 5.56 Å². The predicted molar refractivity (Wildman–Crippen MR) is 74.0 cm³/mol. The second kappa shape index (κ2) is 5.34. The zero-order valence-electron chi connectivity index (χ0n) is 7.91. The lowest BCUT2D eigenvalue weighted by atomic mass is 10.1. The normalized spacial score (nSPS) is 10.3. The minimum atomic E-state index is 0. The highest BCUT2D eigenvalue weighted by atomic mass is 79.9. The van der Waals surface area contributed by atoms with Crippen molar-refractivity contribution in [2.75, 3.05) is 6.54 Å². The molecule has 82 valence electrons. The van der Waals surface area contributed by atoms with Gasteiger partial charge in [0.15, 0.2) is 0 Å². The summed E-state index contributed by atoms with van der Waals surface area (Å²) in [4.78, 5) is 0. The number of nitrogens with two attached hydrogens (primary N) is 1. The lowest BCUT2D eigenvalue weighted by Gasteiger charge is -1.96. The van der Waals surface area contributed by atoms with Gasteiger partial charge in [-0.25, -0.2) is 0 Å². The molecule has 0 fully saturated rings.